The molecule has 0 aliphatic carbocycles. The lowest BCUT2D eigenvalue weighted by molar-refractivity contribution is 0.0466. The first kappa shape index (κ1) is 17.9. The minimum atomic E-state index is -0.581. The fourth-order valence-corrected chi connectivity index (χ4v) is 3.02. The number of benzene rings is 2. The maximum absolute atomic E-state index is 12.5. The van der Waals surface area contributed by atoms with Crippen molar-refractivity contribution in [3.05, 3.63) is 77.6 Å². The molecule has 1 aromatic heterocycles. The lowest BCUT2D eigenvalue weighted by Crippen LogP contribution is -2.17. The van der Waals surface area contributed by atoms with Gasteiger partial charge >= 0.3 is 5.97 Å². The number of thioether (sulfide) groups is 1. The molecule has 26 heavy (non-hydrogen) atoms. The standard InChI is InChI=1S/C20H18N2O3S/c1-14-8-10-15(11-9-14)18(23)13-25-19(24)17-12-21-20(26-2)22(17)16-6-4-3-5-7-16/h3-12H,13H2,1-2H3. The molecule has 2 aromatic carbocycles. The average molecular weight is 366 g/mol. The molecule has 0 fully saturated rings. The van der Waals surface area contributed by atoms with E-state index in [-0.39, 0.29) is 18.1 Å². The van der Waals surface area contributed by atoms with Crippen LogP contribution in [-0.2, 0) is 4.74 Å². The summed E-state index contributed by atoms with van der Waals surface area (Å²) in [5.74, 6) is -0.823. The van der Waals surface area contributed by atoms with Crippen LogP contribution in [0.4, 0.5) is 0 Å². The van der Waals surface area contributed by atoms with Crippen LogP contribution < -0.4 is 0 Å². The summed E-state index contributed by atoms with van der Waals surface area (Å²) in [6.45, 7) is 1.64. The highest BCUT2D eigenvalue weighted by Crippen LogP contribution is 2.22. The first-order chi connectivity index (χ1) is 12.6. The molecule has 6 heteroatoms. The van der Waals surface area contributed by atoms with Crippen LogP contribution in [0.1, 0.15) is 26.4 Å². The fraction of sp³-hybridized carbons (Fsp3) is 0.150. The molecule has 0 aliphatic rings. The molecule has 3 rings (SSSR count). The minimum Gasteiger partial charge on any atom is -0.453 e. The van der Waals surface area contributed by atoms with Crippen LogP contribution in [0.5, 0.6) is 0 Å². The number of Topliss-reactive ketones (excluding diaryl/α,β-unsaturated/α-hetero) is 1. The molecule has 0 unspecified atom stereocenters. The molecule has 5 nitrogen and oxygen atoms in total. The monoisotopic (exact) mass is 366 g/mol. The maximum atomic E-state index is 12.5. The number of ether oxygens (including phenoxy) is 1. The summed E-state index contributed by atoms with van der Waals surface area (Å²) in [4.78, 5) is 29.0. The smallest absolute Gasteiger partial charge is 0.357 e. The zero-order chi connectivity index (χ0) is 18.5. The second kappa shape index (κ2) is 8.01. The van der Waals surface area contributed by atoms with Gasteiger partial charge < -0.3 is 4.74 Å². The highest BCUT2D eigenvalue weighted by molar-refractivity contribution is 7.98. The molecule has 0 saturated carbocycles. The molecule has 0 spiro atoms. The van der Waals surface area contributed by atoms with E-state index in [4.69, 9.17) is 4.74 Å². The minimum absolute atomic E-state index is 0.241. The normalized spacial score (nSPS) is 10.5. The summed E-state index contributed by atoms with van der Waals surface area (Å²) in [5.41, 5.74) is 2.68. The molecule has 132 valence electrons. The summed E-state index contributed by atoms with van der Waals surface area (Å²) in [7, 11) is 0. The molecule has 0 saturated heterocycles. The van der Waals surface area contributed by atoms with Crippen LogP contribution in [0.15, 0.2) is 66.0 Å². The number of hydrogen-bond donors (Lipinski definition) is 0. The number of rotatable bonds is 6. The predicted octanol–water partition coefficient (Wildman–Crippen LogP) is 3.94. The molecule has 3 aromatic rings. The number of aromatic nitrogens is 2. The van der Waals surface area contributed by atoms with Gasteiger partial charge in [0.15, 0.2) is 23.2 Å². The van der Waals surface area contributed by atoms with Gasteiger partial charge in [0.2, 0.25) is 0 Å². The maximum Gasteiger partial charge on any atom is 0.357 e. The Labute approximate surface area is 156 Å². The predicted molar refractivity (Wildman–Crippen MR) is 101 cm³/mol. The molecule has 0 N–H and O–H groups in total. The first-order valence-corrected chi connectivity index (χ1v) is 9.27. The Kier molecular flexibility index (Phi) is 5.53. The number of carbonyl (C=O) groups excluding carboxylic acids is 2. The van der Waals surface area contributed by atoms with Gasteiger partial charge in [-0.1, -0.05) is 59.8 Å². The van der Waals surface area contributed by atoms with Gasteiger partial charge in [0.05, 0.1) is 6.20 Å². The Bertz CT molecular complexity index is 918. The number of hydrogen-bond acceptors (Lipinski definition) is 5. The van der Waals surface area contributed by atoms with E-state index in [9.17, 15) is 9.59 Å². The zero-order valence-electron chi connectivity index (χ0n) is 14.5. The largest absolute Gasteiger partial charge is 0.453 e. The Balaban J connectivity index is 1.77. The number of esters is 1. The van der Waals surface area contributed by atoms with Gasteiger partial charge in [0.1, 0.15) is 0 Å². The van der Waals surface area contributed by atoms with Gasteiger partial charge in [-0.25, -0.2) is 9.78 Å². The molecule has 0 radical (unpaired) electrons. The zero-order valence-corrected chi connectivity index (χ0v) is 15.3. The summed E-state index contributed by atoms with van der Waals surface area (Å²) in [6.07, 6.45) is 3.36. The molecule has 0 aliphatic heterocycles. The van der Waals surface area contributed by atoms with E-state index in [1.807, 2.05) is 55.6 Å². The lowest BCUT2D eigenvalue weighted by atomic mass is 10.1. The number of aryl methyl sites for hydroxylation is 1. The first-order valence-electron chi connectivity index (χ1n) is 8.04. The molecular weight excluding hydrogens is 348 g/mol. The van der Waals surface area contributed by atoms with Crippen molar-refractivity contribution < 1.29 is 14.3 Å². The van der Waals surface area contributed by atoms with Crippen molar-refractivity contribution in [1.82, 2.24) is 9.55 Å². The lowest BCUT2D eigenvalue weighted by Gasteiger charge is -2.10. The SMILES string of the molecule is CSc1ncc(C(=O)OCC(=O)c2ccc(C)cc2)n1-c1ccccc1. The second-order valence-corrected chi connectivity index (χ2v) is 6.44. The summed E-state index contributed by atoms with van der Waals surface area (Å²) in [5, 5.41) is 0.674. The number of ketones is 1. The third-order valence-electron chi connectivity index (χ3n) is 3.84. The third kappa shape index (κ3) is 3.86. The fourth-order valence-electron chi connectivity index (χ4n) is 2.48. The van der Waals surface area contributed by atoms with E-state index in [0.29, 0.717) is 10.7 Å². The van der Waals surface area contributed by atoms with Crippen molar-refractivity contribution >= 4 is 23.5 Å². The molecule has 0 atom stereocenters. The van der Waals surface area contributed by atoms with Crippen molar-refractivity contribution in [2.75, 3.05) is 12.9 Å². The van der Waals surface area contributed by atoms with E-state index in [0.717, 1.165) is 11.3 Å². The Hall–Kier alpha value is -2.86. The second-order valence-electron chi connectivity index (χ2n) is 5.67. The van der Waals surface area contributed by atoms with Gasteiger partial charge in [-0.15, -0.1) is 0 Å². The van der Waals surface area contributed by atoms with E-state index in [1.54, 1.807) is 16.7 Å². The number of carbonyl (C=O) groups is 2. The van der Waals surface area contributed by atoms with Crippen molar-refractivity contribution in [2.45, 2.75) is 12.1 Å². The van der Waals surface area contributed by atoms with E-state index >= 15 is 0 Å². The summed E-state index contributed by atoms with van der Waals surface area (Å²) < 4.78 is 6.96. The average Bonchev–Trinajstić information content (AvgIpc) is 3.11. The van der Waals surface area contributed by atoms with Crippen molar-refractivity contribution in [2.24, 2.45) is 0 Å². The topological polar surface area (TPSA) is 61.2 Å². The summed E-state index contributed by atoms with van der Waals surface area (Å²) >= 11 is 1.43. The molecular formula is C20H18N2O3S. The van der Waals surface area contributed by atoms with E-state index in [2.05, 4.69) is 4.98 Å². The van der Waals surface area contributed by atoms with Gasteiger partial charge in [-0.2, -0.15) is 0 Å². The van der Waals surface area contributed by atoms with Gasteiger partial charge in [0, 0.05) is 11.3 Å². The van der Waals surface area contributed by atoms with Gasteiger partial charge in [-0.05, 0) is 25.3 Å². The van der Waals surface area contributed by atoms with E-state index < -0.39 is 5.97 Å². The van der Waals surface area contributed by atoms with Crippen LogP contribution in [0.3, 0.4) is 0 Å². The quantitative estimate of drug-likeness (QED) is 0.376. The van der Waals surface area contributed by atoms with Crippen LogP contribution in [-0.4, -0.2) is 34.2 Å². The number of imidazole rings is 1. The Morgan fingerprint density at radius 2 is 1.77 bits per heavy atom. The van der Waals surface area contributed by atoms with Crippen molar-refractivity contribution in [3.8, 4) is 5.69 Å². The molecule has 1 heterocycles. The number of para-hydroxylation sites is 1. The highest BCUT2D eigenvalue weighted by atomic mass is 32.2. The van der Waals surface area contributed by atoms with E-state index in [1.165, 1.54) is 18.0 Å². The molecule has 0 bridgehead atoms. The van der Waals surface area contributed by atoms with Crippen LogP contribution in [0.25, 0.3) is 5.69 Å². The van der Waals surface area contributed by atoms with Gasteiger partial charge in [0.25, 0.3) is 0 Å². The Morgan fingerprint density at radius 1 is 1.08 bits per heavy atom. The Morgan fingerprint density at radius 3 is 2.42 bits per heavy atom. The van der Waals surface area contributed by atoms with Crippen LogP contribution in [0, 0.1) is 6.92 Å². The number of nitrogens with zero attached hydrogens (tertiary/aromatic N) is 2. The van der Waals surface area contributed by atoms with Crippen LogP contribution >= 0.6 is 11.8 Å². The van der Waals surface area contributed by atoms with Crippen LogP contribution in [0.2, 0.25) is 0 Å². The van der Waals surface area contributed by atoms with Gasteiger partial charge in [-0.3, -0.25) is 9.36 Å². The van der Waals surface area contributed by atoms with Crippen molar-refractivity contribution in [1.29, 1.82) is 0 Å². The highest BCUT2D eigenvalue weighted by Gasteiger charge is 2.20. The van der Waals surface area contributed by atoms with Crippen molar-refractivity contribution in [3.63, 3.8) is 0 Å². The molecule has 0 amide bonds. The third-order valence-corrected chi connectivity index (χ3v) is 4.50. The summed E-state index contributed by atoms with van der Waals surface area (Å²) in [6, 6.07) is 16.6.